The minimum Gasteiger partial charge on any atom is -0.352 e. The highest BCUT2D eigenvalue weighted by Crippen LogP contribution is 2.28. The van der Waals surface area contributed by atoms with Gasteiger partial charge in [-0.2, -0.15) is 0 Å². The van der Waals surface area contributed by atoms with Gasteiger partial charge in [0.15, 0.2) is 0 Å². The van der Waals surface area contributed by atoms with Crippen LogP contribution >= 0.6 is 0 Å². The fourth-order valence-electron chi connectivity index (χ4n) is 1.99. The molecule has 1 heterocycles. The number of hydrogen-bond donors (Lipinski definition) is 1. The van der Waals surface area contributed by atoms with Crippen LogP contribution in [0.2, 0.25) is 0 Å². The van der Waals surface area contributed by atoms with Crippen LogP contribution in [-0.4, -0.2) is 5.78 Å². The number of Topliss-reactive ketones (excluding diaryl/α,β-unsaturated/α-hetero) is 1. The van der Waals surface area contributed by atoms with Crippen LogP contribution in [-0.2, 0) is 0 Å². The van der Waals surface area contributed by atoms with E-state index in [1.807, 2.05) is 18.2 Å². The van der Waals surface area contributed by atoms with E-state index in [0.29, 0.717) is 16.8 Å². The number of nitrogens with one attached hydrogen (secondary N) is 1. The zero-order chi connectivity index (χ0) is 12.5. The fourth-order valence-corrected chi connectivity index (χ4v) is 1.99. The molecule has 88 valence electrons. The van der Waals surface area contributed by atoms with Gasteiger partial charge in [0, 0.05) is 16.8 Å². The van der Waals surface area contributed by atoms with E-state index in [1.54, 1.807) is 24.3 Å². The lowest BCUT2D eigenvalue weighted by atomic mass is 10.1. The van der Waals surface area contributed by atoms with Crippen molar-refractivity contribution in [2.75, 3.05) is 5.32 Å². The van der Waals surface area contributed by atoms with E-state index in [9.17, 15) is 9.18 Å². The van der Waals surface area contributed by atoms with Gasteiger partial charge in [-0.3, -0.25) is 4.79 Å². The summed E-state index contributed by atoms with van der Waals surface area (Å²) in [5.74, 6) is -0.440. The van der Waals surface area contributed by atoms with Crippen LogP contribution in [0.3, 0.4) is 0 Å². The summed E-state index contributed by atoms with van der Waals surface area (Å²) in [6, 6.07) is 13.6. The van der Waals surface area contributed by atoms with Crippen molar-refractivity contribution in [2.45, 2.75) is 0 Å². The van der Waals surface area contributed by atoms with Crippen LogP contribution in [0.1, 0.15) is 15.9 Å². The molecule has 0 aliphatic carbocycles. The monoisotopic (exact) mass is 239 g/mol. The summed E-state index contributed by atoms with van der Waals surface area (Å²) in [4.78, 5) is 12.1. The van der Waals surface area contributed by atoms with Crippen molar-refractivity contribution < 1.29 is 9.18 Å². The Hall–Kier alpha value is -2.42. The normalized spacial score (nSPS) is 15.6. The third kappa shape index (κ3) is 1.70. The molecule has 0 bridgehead atoms. The SMILES string of the molecule is O=C1/C(=C/c2ccccc2F)Nc2ccccc21. The van der Waals surface area contributed by atoms with Crippen LogP contribution in [0, 0.1) is 5.82 Å². The number of carbonyl (C=O) groups is 1. The zero-order valence-corrected chi connectivity index (χ0v) is 9.48. The first-order chi connectivity index (χ1) is 8.75. The molecule has 1 N–H and O–H groups in total. The topological polar surface area (TPSA) is 29.1 Å². The maximum absolute atomic E-state index is 13.5. The molecule has 0 saturated heterocycles. The summed E-state index contributed by atoms with van der Waals surface area (Å²) in [6.07, 6.45) is 1.54. The first-order valence-corrected chi connectivity index (χ1v) is 5.63. The molecule has 3 rings (SSSR count). The van der Waals surface area contributed by atoms with Gasteiger partial charge in [-0.05, 0) is 24.3 Å². The third-order valence-corrected chi connectivity index (χ3v) is 2.89. The lowest BCUT2D eigenvalue weighted by molar-refractivity contribution is 0.104. The Morgan fingerprint density at radius 1 is 1.00 bits per heavy atom. The zero-order valence-electron chi connectivity index (χ0n) is 9.48. The Morgan fingerprint density at radius 3 is 2.50 bits per heavy atom. The van der Waals surface area contributed by atoms with Crippen LogP contribution in [0.4, 0.5) is 10.1 Å². The van der Waals surface area contributed by atoms with Crippen molar-refractivity contribution >= 4 is 17.5 Å². The number of ketones is 1. The molecule has 0 radical (unpaired) electrons. The van der Waals surface area contributed by atoms with Crippen molar-refractivity contribution in [3.63, 3.8) is 0 Å². The number of halogens is 1. The molecule has 2 nitrogen and oxygen atoms in total. The number of anilines is 1. The summed E-state index contributed by atoms with van der Waals surface area (Å²) in [7, 11) is 0. The molecular formula is C15H10FNO. The summed E-state index contributed by atoms with van der Waals surface area (Å²) < 4.78 is 13.5. The van der Waals surface area contributed by atoms with E-state index in [4.69, 9.17) is 0 Å². The molecule has 0 aromatic heterocycles. The molecule has 2 aromatic carbocycles. The third-order valence-electron chi connectivity index (χ3n) is 2.89. The second kappa shape index (κ2) is 4.11. The molecule has 1 aliphatic rings. The van der Waals surface area contributed by atoms with E-state index in [-0.39, 0.29) is 11.6 Å². The molecular weight excluding hydrogens is 229 g/mol. The highest BCUT2D eigenvalue weighted by atomic mass is 19.1. The molecule has 0 atom stereocenters. The van der Waals surface area contributed by atoms with E-state index >= 15 is 0 Å². The smallest absolute Gasteiger partial charge is 0.211 e. The van der Waals surface area contributed by atoms with E-state index < -0.39 is 0 Å². The van der Waals surface area contributed by atoms with E-state index in [2.05, 4.69) is 5.32 Å². The fraction of sp³-hybridized carbons (Fsp3) is 0. The number of para-hydroxylation sites is 1. The Balaban J connectivity index is 2.02. The Labute approximate surface area is 104 Å². The van der Waals surface area contributed by atoms with Crippen LogP contribution in [0.5, 0.6) is 0 Å². The first kappa shape index (κ1) is 10.7. The van der Waals surface area contributed by atoms with Gasteiger partial charge in [0.25, 0.3) is 0 Å². The van der Waals surface area contributed by atoms with Crippen molar-refractivity contribution in [1.29, 1.82) is 0 Å². The highest BCUT2D eigenvalue weighted by molar-refractivity contribution is 6.20. The number of carbonyl (C=O) groups excluding carboxylic acids is 1. The molecule has 0 spiro atoms. The highest BCUT2D eigenvalue weighted by Gasteiger charge is 2.23. The van der Waals surface area contributed by atoms with Gasteiger partial charge in [0.2, 0.25) is 5.78 Å². The molecule has 0 saturated carbocycles. The van der Waals surface area contributed by atoms with Gasteiger partial charge in [0.05, 0.1) is 5.70 Å². The molecule has 0 unspecified atom stereocenters. The second-order valence-electron chi connectivity index (χ2n) is 4.08. The maximum Gasteiger partial charge on any atom is 0.211 e. The number of benzene rings is 2. The molecule has 0 amide bonds. The molecule has 0 fully saturated rings. The first-order valence-electron chi connectivity index (χ1n) is 5.63. The molecule has 1 aliphatic heterocycles. The minimum atomic E-state index is -0.337. The number of hydrogen-bond acceptors (Lipinski definition) is 2. The number of allylic oxidation sites excluding steroid dienone is 1. The quantitative estimate of drug-likeness (QED) is 0.772. The van der Waals surface area contributed by atoms with Crippen LogP contribution in [0.25, 0.3) is 6.08 Å². The Kier molecular flexibility index (Phi) is 2.45. The predicted octanol–water partition coefficient (Wildman–Crippen LogP) is 3.48. The van der Waals surface area contributed by atoms with Crippen LogP contribution < -0.4 is 5.32 Å². The molecule has 2 aromatic rings. The summed E-state index contributed by atoms with van der Waals surface area (Å²) >= 11 is 0. The van der Waals surface area contributed by atoms with Crippen molar-refractivity contribution in [1.82, 2.24) is 0 Å². The summed E-state index contributed by atoms with van der Waals surface area (Å²) in [5, 5.41) is 3.00. The van der Waals surface area contributed by atoms with Crippen molar-refractivity contribution in [3.8, 4) is 0 Å². The summed E-state index contributed by atoms with van der Waals surface area (Å²) in [5.41, 5.74) is 2.20. The predicted molar refractivity (Wildman–Crippen MR) is 68.8 cm³/mol. The van der Waals surface area contributed by atoms with Crippen molar-refractivity contribution in [3.05, 3.63) is 71.2 Å². The lowest BCUT2D eigenvalue weighted by Gasteiger charge is -1.99. The van der Waals surface area contributed by atoms with Crippen LogP contribution in [0.15, 0.2) is 54.2 Å². The largest absolute Gasteiger partial charge is 0.352 e. The van der Waals surface area contributed by atoms with E-state index in [0.717, 1.165) is 5.69 Å². The maximum atomic E-state index is 13.5. The van der Waals surface area contributed by atoms with Gasteiger partial charge in [0.1, 0.15) is 5.82 Å². The average molecular weight is 239 g/mol. The number of rotatable bonds is 1. The lowest BCUT2D eigenvalue weighted by Crippen LogP contribution is -2.00. The van der Waals surface area contributed by atoms with E-state index in [1.165, 1.54) is 12.1 Å². The Bertz CT molecular complexity index is 661. The second-order valence-corrected chi connectivity index (χ2v) is 4.08. The Morgan fingerprint density at radius 2 is 1.72 bits per heavy atom. The number of fused-ring (bicyclic) bond motifs is 1. The van der Waals surface area contributed by atoms with Gasteiger partial charge >= 0.3 is 0 Å². The molecule has 18 heavy (non-hydrogen) atoms. The average Bonchev–Trinajstić information content (AvgIpc) is 2.70. The summed E-state index contributed by atoms with van der Waals surface area (Å²) in [6.45, 7) is 0. The van der Waals surface area contributed by atoms with Gasteiger partial charge in [-0.1, -0.05) is 30.3 Å². The molecule has 3 heteroatoms. The van der Waals surface area contributed by atoms with Crippen molar-refractivity contribution in [2.24, 2.45) is 0 Å². The van der Waals surface area contributed by atoms with Gasteiger partial charge in [-0.15, -0.1) is 0 Å². The standard InChI is InChI=1S/C15H10FNO/c16-12-7-3-1-5-10(12)9-14-15(18)11-6-2-4-8-13(11)17-14/h1-9,17H/b14-9-. The van der Waals surface area contributed by atoms with Gasteiger partial charge < -0.3 is 5.32 Å². The van der Waals surface area contributed by atoms with Gasteiger partial charge in [-0.25, -0.2) is 4.39 Å². The minimum absolute atomic E-state index is 0.103.